The Morgan fingerprint density at radius 1 is 1.06 bits per heavy atom. The number of halogens is 1. The predicted octanol–water partition coefficient (Wildman–Crippen LogP) is 8.86. The molecule has 3 aromatic rings. The molecule has 0 spiro atoms. The van der Waals surface area contributed by atoms with E-state index in [1.807, 2.05) is 39.0 Å². The molecule has 0 aliphatic carbocycles. The van der Waals surface area contributed by atoms with Crippen molar-refractivity contribution >= 4 is 68.8 Å². The molecule has 0 bridgehead atoms. The van der Waals surface area contributed by atoms with Crippen molar-refractivity contribution in [3.8, 4) is 5.75 Å². The minimum Gasteiger partial charge on any atom is -0.457 e. The lowest BCUT2D eigenvalue weighted by molar-refractivity contribution is -0.157. The number of Topliss-reactive ketones (excluding diaryl/α,β-unsaturated/α-hetero) is 1. The molecule has 3 aliphatic rings. The lowest BCUT2D eigenvalue weighted by Crippen LogP contribution is -2.48. The Labute approximate surface area is 382 Å². The van der Waals surface area contributed by atoms with Crippen LogP contribution in [0.3, 0.4) is 0 Å². The number of aromatic nitrogens is 1. The largest absolute Gasteiger partial charge is 0.508 e. The number of aliphatic hydroxyl groups is 1. The fourth-order valence-electron chi connectivity index (χ4n) is 8.43. The fraction of sp³-hybridized carbons (Fsp3) is 0.521. The third kappa shape index (κ3) is 12.0. The molecular weight excluding hydrogens is 864 g/mol. The third-order valence-corrected chi connectivity index (χ3v) is 13.7. The van der Waals surface area contributed by atoms with Crippen molar-refractivity contribution in [2.45, 2.75) is 135 Å². The number of nitrogens with zero attached hydrogens (tertiary/aromatic N) is 2. The Morgan fingerprint density at radius 3 is 2.53 bits per heavy atom. The first-order valence-electron chi connectivity index (χ1n) is 21.8. The molecule has 2 aromatic carbocycles. The maximum absolute atomic E-state index is 14.5. The molecule has 0 unspecified atom stereocenters. The van der Waals surface area contributed by atoms with Crippen LogP contribution >= 0.6 is 22.9 Å². The number of hydrogen-bond acceptors (Lipinski definition) is 14. The summed E-state index contributed by atoms with van der Waals surface area (Å²) >= 11 is 8.01. The molecule has 0 radical (unpaired) electrons. The number of epoxide rings is 1. The zero-order valence-corrected chi connectivity index (χ0v) is 38.5. The van der Waals surface area contributed by atoms with E-state index in [-0.39, 0.29) is 60.6 Å². The summed E-state index contributed by atoms with van der Waals surface area (Å²) in [6, 6.07) is 10.3. The molecule has 3 aliphatic heterocycles. The summed E-state index contributed by atoms with van der Waals surface area (Å²) in [5.41, 5.74) is -0.00183. The minimum atomic E-state index is -1.51. The van der Waals surface area contributed by atoms with Gasteiger partial charge in [-0.1, -0.05) is 49.6 Å². The number of fused-ring (bicyclic) bond motifs is 2. The van der Waals surface area contributed by atoms with Crippen LogP contribution in [0.25, 0.3) is 10.2 Å². The van der Waals surface area contributed by atoms with Gasteiger partial charge in [-0.25, -0.2) is 9.78 Å². The second kappa shape index (κ2) is 20.9. The number of amides is 2. The van der Waals surface area contributed by atoms with Crippen LogP contribution in [0.1, 0.15) is 114 Å². The highest BCUT2D eigenvalue weighted by molar-refractivity contribution is 7.18. The van der Waals surface area contributed by atoms with E-state index in [2.05, 4.69) is 11.6 Å². The van der Waals surface area contributed by atoms with Crippen molar-refractivity contribution in [1.29, 1.82) is 0 Å². The molecule has 0 saturated carbocycles. The number of cyclic esters (lactones) is 1. The number of carbonyl (C=O) groups is 6. The molecular formula is C48H57ClN2O12S. The summed E-state index contributed by atoms with van der Waals surface area (Å²) in [4.78, 5) is 83.8. The Balaban J connectivity index is 1.13. The fourth-order valence-corrected chi connectivity index (χ4v) is 9.48. The number of ether oxygens (including phenoxy) is 5. The van der Waals surface area contributed by atoms with Crippen molar-refractivity contribution in [3.05, 3.63) is 82.4 Å². The maximum atomic E-state index is 14.5. The van der Waals surface area contributed by atoms with Crippen molar-refractivity contribution < 1.29 is 57.6 Å². The van der Waals surface area contributed by atoms with Crippen LogP contribution in [-0.2, 0) is 49.5 Å². The molecule has 64 heavy (non-hydrogen) atoms. The standard InChI is InChI=1S/C48H57ClN2O12S/c1-7-12-32-44(56)28(2)13-11-21-48(6)39(63-48)25-36(31-16-18-37-34(24-31)50-29(3)64-37)61-43(55)26-38(47(4,5)45(32)57)62-46(58)59-27-30-15-17-35(33(49)23-30)60-42(54)14-9-8-10-22-51-40(52)19-20-41(51)53/h7,15-20,23-24,28,32,36,38-39,44,56H,1,8-14,21-22,25-27H2,2-6H3/t28-,32+,36-,38-,39+,44-,48-/m0/s1. The summed E-state index contributed by atoms with van der Waals surface area (Å²) in [6.45, 7) is 12.8. The minimum absolute atomic E-state index is 0.0874. The van der Waals surface area contributed by atoms with E-state index in [1.54, 1.807) is 37.3 Å². The van der Waals surface area contributed by atoms with Crippen LogP contribution in [0, 0.1) is 24.2 Å². The van der Waals surface area contributed by atoms with Gasteiger partial charge in [0.1, 0.15) is 30.3 Å². The second-order valence-electron chi connectivity index (χ2n) is 17.7. The summed E-state index contributed by atoms with van der Waals surface area (Å²) < 4.78 is 30.2. The molecule has 6 rings (SSSR count). The Hall–Kier alpha value is -4.96. The topological polar surface area (TPSA) is 188 Å². The van der Waals surface area contributed by atoms with Gasteiger partial charge in [-0.2, -0.15) is 0 Å². The first-order chi connectivity index (χ1) is 30.4. The molecule has 344 valence electrons. The number of ketones is 1. The van der Waals surface area contributed by atoms with E-state index < -0.39 is 65.5 Å². The molecule has 16 heteroatoms. The van der Waals surface area contributed by atoms with Gasteiger partial charge in [0.25, 0.3) is 11.8 Å². The van der Waals surface area contributed by atoms with E-state index in [4.69, 9.17) is 35.3 Å². The van der Waals surface area contributed by atoms with Crippen LogP contribution < -0.4 is 4.74 Å². The number of aliphatic hydroxyl groups excluding tert-OH is 1. The number of aryl methyl sites for hydroxylation is 1. The number of benzene rings is 2. The molecule has 2 amide bonds. The molecule has 2 saturated heterocycles. The molecule has 2 fully saturated rings. The van der Waals surface area contributed by atoms with E-state index in [0.717, 1.165) is 38.5 Å². The number of unbranched alkanes of at least 4 members (excludes halogenated alkanes) is 2. The molecule has 4 heterocycles. The highest BCUT2D eigenvalue weighted by Gasteiger charge is 2.53. The number of hydrogen-bond donors (Lipinski definition) is 1. The number of thiazole rings is 1. The smallest absolute Gasteiger partial charge is 0.457 e. The monoisotopic (exact) mass is 920 g/mol. The summed E-state index contributed by atoms with van der Waals surface area (Å²) in [7, 11) is 0. The summed E-state index contributed by atoms with van der Waals surface area (Å²) in [5, 5.41) is 12.6. The number of imide groups is 1. The van der Waals surface area contributed by atoms with Crippen LogP contribution in [0.4, 0.5) is 4.79 Å². The lowest BCUT2D eigenvalue weighted by Gasteiger charge is -2.37. The van der Waals surface area contributed by atoms with E-state index in [9.17, 15) is 33.9 Å². The number of rotatable bonds is 13. The molecule has 1 aromatic heterocycles. The van der Waals surface area contributed by atoms with E-state index in [0.29, 0.717) is 37.7 Å². The van der Waals surface area contributed by atoms with Gasteiger partial charge in [0, 0.05) is 37.5 Å². The quantitative estimate of drug-likeness (QED) is 0.0428. The Bertz CT molecular complexity index is 2270. The van der Waals surface area contributed by atoms with Gasteiger partial charge < -0.3 is 28.8 Å². The highest BCUT2D eigenvalue weighted by atomic mass is 35.5. The Morgan fingerprint density at radius 2 is 1.81 bits per heavy atom. The maximum Gasteiger partial charge on any atom is 0.508 e. The summed E-state index contributed by atoms with van der Waals surface area (Å²) in [5.74, 6) is -3.40. The van der Waals surface area contributed by atoms with E-state index >= 15 is 0 Å². The molecule has 7 atom stereocenters. The molecule has 14 nitrogen and oxygen atoms in total. The number of esters is 2. The van der Waals surface area contributed by atoms with Crippen LogP contribution in [0.15, 0.2) is 61.2 Å². The number of allylic oxidation sites excluding steroid dienone is 1. The van der Waals surface area contributed by atoms with Gasteiger partial charge in [0.2, 0.25) is 0 Å². The van der Waals surface area contributed by atoms with E-state index in [1.165, 1.54) is 24.3 Å². The van der Waals surface area contributed by atoms with Crippen molar-refractivity contribution in [2.24, 2.45) is 17.3 Å². The normalized spacial score (nSPS) is 26.3. The van der Waals surface area contributed by atoms with Gasteiger partial charge in [-0.05, 0) is 101 Å². The van der Waals surface area contributed by atoms with Crippen LogP contribution in [0.2, 0.25) is 5.02 Å². The van der Waals surface area contributed by atoms with Gasteiger partial charge in [-0.3, -0.25) is 28.9 Å². The lowest BCUT2D eigenvalue weighted by atomic mass is 9.71. The van der Waals surface area contributed by atoms with Gasteiger partial charge >= 0.3 is 18.1 Å². The van der Waals surface area contributed by atoms with Gasteiger partial charge in [0.15, 0.2) is 0 Å². The van der Waals surface area contributed by atoms with Gasteiger partial charge in [-0.15, -0.1) is 17.9 Å². The second-order valence-corrected chi connectivity index (χ2v) is 19.4. The zero-order valence-electron chi connectivity index (χ0n) is 37.0. The number of carbonyl (C=O) groups excluding carboxylic acids is 6. The highest BCUT2D eigenvalue weighted by Crippen LogP contribution is 2.47. The van der Waals surface area contributed by atoms with Crippen LogP contribution in [0.5, 0.6) is 5.75 Å². The van der Waals surface area contributed by atoms with Crippen molar-refractivity contribution in [2.75, 3.05) is 6.54 Å². The average Bonchev–Trinajstić information content (AvgIpc) is 3.53. The SMILES string of the molecule is C=CC[C@H]1C(=O)C(C)(C)[C@@H](OC(=O)OCc2ccc(OC(=O)CCCCCN3C(=O)C=CC3=O)c(Cl)c2)CC(=O)O[C@H](c2ccc3sc(C)nc3c2)C[C@H]2O[C@@]2(C)CCC[C@H](C)[C@@H]1O. The predicted molar refractivity (Wildman–Crippen MR) is 238 cm³/mol. The van der Waals surface area contributed by atoms with Crippen molar-refractivity contribution in [1.82, 2.24) is 9.88 Å². The first-order valence-corrected chi connectivity index (χ1v) is 23.0. The van der Waals surface area contributed by atoms with Crippen molar-refractivity contribution in [3.63, 3.8) is 0 Å². The van der Waals surface area contributed by atoms with Gasteiger partial charge in [0.05, 0.1) is 49.9 Å². The first kappa shape index (κ1) is 48.5. The zero-order chi connectivity index (χ0) is 46.3. The molecule has 1 N–H and O–H groups in total. The average molecular weight is 922 g/mol. The Kier molecular flexibility index (Phi) is 15.8. The summed E-state index contributed by atoms with van der Waals surface area (Å²) in [6.07, 6.45) is 3.37. The van der Waals surface area contributed by atoms with Crippen LogP contribution in [-0.4, -0.2) is 81.1 Å². The third-order valence-electron chi connectivity index (χ3n) is 12.5.